The zero-order valence-corrected chi connectivity index (χ0v) is 13.3. The number of hydrogen-bond donors (Lipinski definition) is 1. The molecule has 1 aliphatic heterocycles. The summed E-state index contributed by atoms with van der Waals surface area (Å²) in [5.74, 6) is -1.47. The highest BCUT2D eigenvalue weighted by Crippen LogP contribution is 2.27. The number of benzene rings is 1. The van der Waals surface area contributed by atoms with E-state index in [0.717, 1.165) is 12.8 Å². The van der Waals surface area contributed by atoms with E-state index in [1.54, 1.807) is 0 Å². The number of carbonyl (C=O) groups excluding carboxylic acids is 1. The van der Waals surface area contributed by atoms with Crippen LogP contribution in [0.1, 0.15) is 36.5 Å². The number of aliphatic carboxylic acids is 1. The minimum atomic E-state index is -0.984. The van der Waals surface area contributed by atoms with E-state index in [-0.39, 0.29) is 10.4 Å². The predicted octanol–water partition coefficient (Wildman–Crippen LogP) is 3.30. The van der Waals surface area contributed by atoms with Gasteiger partial charge in [0.05, 0.1) is 4.47 Å². The molecular formula is C15H17BrFNO3. The molecule has 1 amide bonds. The number of carboxylic acids is 1. The lowest BCUT2D eigenvalue weighted by molar-refractivity contribution is -0.144. The highest BCUT2D eigenvalue weighted by atomic mass is 79.9. The molecule has 6 heteroatoms. The van der Waals surface area contributed by atoms with Crippen LogP contribution in [0.2, 0.25) is 0 Å². The van der Waals surface area contributed by atoms with Crippen molar-refractivity contribution in [3.8, 4) is 0 Å². The molecule has 1 N–H and O–H groups in total. The summed E-state index contributed by atoms with van der Waals surface area (Å²) in [4.78, 5) is 25.3. The van der Waals surface area contributed by atoms with Gasteiger partial charge in [0.25, 0.3) is 5.91 Å². The summed E-state index contributed by atoms with van der Waals surface area (Å²) < 4.78 is 13.4. The molecule has 1 aromatic carbocycles. The maximum atomic E-state index is 13.2. The maximum absolute atomic E-state index is 13.2. The Kier molecular flexibility index (Phi) is 4.98. The molecule has 2 atom stereocenters. The van der Waals surface area contributed by atoms with Gasteiger partial charge in [-0.2, -0.15) is 0 Å². The van der Waals surface area contributed by atoms with E-state index < -0.39 is 17.8 Å². The number of hydrogen-bond acceptors (Lipinski definition) is 2. The van der Waals surface area contributed by atoms with Crippen molar-refractivity contribution < 1.29 is 19.1 Å². The summed E-state index contributed by atoms with van der Waals surface area (Å²) in [5.41, 5.74) is 0.296. The van der Waals surface area contributed by atoms with Gasteiger partial charge >= 0.3 is 5.97 Å². The highest BCUT2D eigenvalue weighted by molar-refractivity contribution is 9.10. The molecule has 1 saturated heterocycles. The quantitative estimate of drug-likeness (QED) is 0.902. The second kappa shape index (κ2) is 6.56. The monoisotopic (exact) mass is 357 g/mol. The van der Waals surface area contributed by atoms with Crippen molar-refractivity contribution in [2.45, 2.75) is 32.2 Å². The molecule has 114 valence electrons. The molecule has 0 radical (unpaired) electrons. The van der Waals surface area contributed by atoms with Gasteiger partial charge in [-0.05, 0) is 52.9 Å². The van der Waals surface area contributed by atoms with Crippen molar-refractivity contribution in [1.82, 2.24) is 4.90 Å². The second-order valence-electron chi connectivity index (χ2n) is 5.28. The third kappa shape index (κ3) is 3.43. The van der Waals surface area contributed by atoms with Crippen LogP contribution in [0.15, 0.2) is 22.7 Å². The summed E-state index contributed by atoms with van der Waals surface area (Å²) in [7, 11) is 0. The highest BCUT2D eigenvalue weighted by Gasteiger charge is 2.36. The largest absolute Gasteiger partial charge is 0.480 e. The zero-order valence-electron chi connectivity index (χ0n) is 11.7. The van der Waals surface area contributed by atoms with Crippen LogP contribution in [-0.4, -0.2) is 34.5 Å². The van der Waals surface area contributed by atoms with Crippen LogP contribution in [0.4, 0.5) is 4.39 Å². The molecule has 0 bridgehead atoms. The molecule has 0 spiro atoms. The molecule has 0 aromatic heterocycles. The van der Waals surface area contributed by atoms with Crippen LogP contribution in [0, 0.1) is 11.7 Å². The first-order chi connectivity index (χ1) is 9.93. The van der Waals surface area contributed by atoms with E-state index in [9.17, 15) is 19.1 Å². The Hall–Kier alpha value is -1.43. The molecule has 4 nitrogen and oxygen atoms in total. The van der Waals surface area contributed by atoms with Gasteiger partial charge in [0.1, 0.15) is 11.9 Å². The fourth-order valence-corrected chi connectivity index (χ4v) is 3.06. The van der Waals surface area contributed by atoms with E-state index in [0.29, 0.717) is 24.4 Å². The minimum Gasteiger partial charge on any atom is -0.480 e. The van der Waals surface area contributed by atoms with Crippen molar-refractivity contribution >= 4 is 27.8 Å². The molecule has 2 unspecified atom stereocenters. The molecule has 1 aliphatic rings. The summed E-state index contributed by atoms with van der Waals surface area (Å²) >= 11 is 3.04. The summed E-state index contributed by atoms with van der Waals surface area (Å²) in [6, 6.07) is 3.17. The van der Waals surface area contributed by atoms with Gasteiger partial charge < -0.3 is 10.0 Å². The number of nitrogens with zero attached hydrogens (tertiary/aromatic N) is 1. The number of carbonyl (C=O) groups is 2. The first kappa shape index (κ1) is 15.9. The summed E-state index contributed by atoms with van der Waals surface area (Å²) in [5, 5.41) is 9.35. The second-order valence-corrected chi connectivity index (χ2v) is 6.13. The molecular weight excluding hydrogens is 341 g/mol. The topological polar surface area (TPSA) is 57.6 Å². The SMILES string of the molecule is CCC1CCN(C(=O)c2ccc(F)c(Br)c2)C(C(=O)O)C1. The van der Waals surface area contributed by atoms with E-state index >= 15 is 0 Å². The Bertz CT molecular complexity index is 564. The fraction of sp³-hybridized carbons (Fsp3) is 0.467. The van der Waals surface area contributed by atoms with Crippen molar-refractivity contribution in [2.75, 3.05) is 6.54 Å². The fourth-order valence-electron chi connectivity index (χ4n) is 2.68. The van der Waals surface area contributed by atoms with Gasteiger partial charge in [-0.15, -0.1) is 0 Å². The van der Waals surface area contributed by atoms with Crippen molar-refractivity contribution in [3.05, 3.63) is 34.1 Å². The lowest BCUT2D eigenvalue weighted by Gasteiger charge is -2.37. The number of halogens is 2. The number of carboxylic acid groups (broad SMARTS) is 1. The molecule has 2 rings (SSSR count). The van der Waals surface area contributed by atoms with Gasteiger partial charge in [0.15, 0.2) is 0 Å². The predicted molar refractivity (Wildman–Crippen MR) is 79.6 cm³/mol. The third-order valence-electron chi connectivity index (χ3n) is 4.00. The molecule has 1 heterocycles. The summed E-state index contributed by atoms with van der Waals surface area (Å²) in [6.07, 6.45) is 2.18. The average Bonchev–Trinajstić information content (AvgIpc) is 2.48. The van der Waals surface area contributed by atoms with Crippen LogP contribution in [0.3, 0.4) is 0 Å². The van der Waals surface area contributed by atoms with Crippen LogP contribution in [-0.2, 0) is 4.79 Å². The van der Waals surface area contributed by atoms with Gasteiger partial charge in [-0.1, -0.05) is 13.3 Å². The Balaban J connectivity index is 2.24. The maximum Gasteiger partial charge on any atom is 0.326 e. The Morgan fingerprint density at radius 3 is 2.76 bits per heavy atom. The van der Waals surface area contributed by atoms with Crippen LogP contribution in [0.25, 0.3) is 0 Å². The number of likely N-dealkylation sites (tertiary alicyclic amines) is 1. The van der Waals surface area contributed by atoms with Gasteiger partial charge in [0, 0.05) is 12.1 Å². The van der Waals surface area contributed by atoms with E-state index in [4.69, 9.17) is 0 Å². The van der Waals surface area contributed by atoms with Crippen LogP contribution >= 0.6 is 15.9 Å². The van der Waals surface area contributed by atoms with Crippen molar-refractivity contribution in [3.63, 3.8) is 0 Å². The average molecular weight is 358 g/mol. The van der Waals surface area contributed by atoms with E-state index in [1.807, 2.05) is 6.92 Å². The molecule has 21 heavy (non-hydrogen) atoms. The smallest absolute Gasteiger partial charge is 0.326 e. The minimum absolute atomic E-state index is 0.198. The molecule has 1 aromatic rings. The molecule has 1 fully saturated rings. The number of rotatable bonds is 3. The Morgan fingerprint density at radius 2 is 2.19 bits per heavy atom. The van der Waals surface area contributed by atoms with Crippen LogP contribution in [0.5, 0.6) is 0 Å². The molecule has 0 saturated carbocycles. The first-order valence-corrected chi connectivity index (χ1v) is 7.72. The van der Waals surface area contributed by atoms with Crippen molar-refractivity contribution in [1.29, 1.82) is 0 Å². The normalized spacial score (nSPS) is 22.1. The van der Waals surface area contributed by atoms with Gasteiger partial charge in [-0.3, -0.25) is 4.79 Å². The van der Waals surface area contributed by atoms with Gasteiger partial charge in [0.2, 0.25) is 0 Å². The molecule has 0 aliphatic carbocycles. The van der Waals surface area contributed by atoms with Gasteiger partial charge in [-0.25, -0.2) is 9.18 Å². The standard InChI is InChI=1S/C15H17BrFNO3/c1-2-9-5-6-18(13(7-9)15(20)21)14(19)10-3-4-12(17)11(16)8-10/h3-4,8-9,13H,2,5-7H2,1H3,(H,20,21). The van der Waals surface area contributed by atoms with E-state index in [1.165, 1.54) is 23.1 Å². The number of piperidine rings is 1. The Labute approximate surface area is 131 Å². The van der Waals surface area contributed by atoms with E-state index in [2.05, 4.69) is 15.9 Å². The lowest BCUT2D eigenvalue weighted by Crippen LogP contribution is -2.50. The number of amides is 1. The summed E-state index contributed by atoms with van der Waals surface area (Å²) in [6.45, 7) is 2.45. The lowest BCUT2D eigenvalue weighted by atomic mass is 9.88. The first-order valence-electron chi connectivity index (χ1n) is 6.92. The van der Waals surface area contributed by atoms with Crippen LogP contribution < -0.4 is 0 Å². The Morgan fingerprint density at radius 1 is 1.48 bits per heavy atom. The third-order valence-corrected chi connectivity index (χ3v) is 4.61. The van der Waals surface area contributed by atoms with Crippen molar-refractivity contribution in [2.24, 2.45) is 5.92 Å². The zero-order chi connectivity index (χ0) is 15.6.